The minimum Gasteiger partial charge on any atom is -0.497 e. The maximum Gasteiger partial charge on any atom is 0.306 e. The average molecular weight is 1990 g/mol. The predicted octanol–water partition coefficient (Wildman–Crippen LogP) is 23.8. The number of anilines is 1. The van der Waals surface area contributed by atoms with Gasteiger partial charge in [0, 0.05) is 77.3 Å². The lowest BCUT2D eigenvalue weighted by atomic mass is 9.73. The van der Waals surface area contributed by atoms with Crippen LogP contribution >= 0.6 is 0 Å². The summed E-state index contributed by atoms with van der Waals surface area (Å²) in [7, 11) is -7.65. The van der Waals surface area contributed by atoms with Crippen molar-refractivity contribution in [2.24, 2.45) is 0 Å². The number of hydrogen-bond acceptors (Lipinski definition) is 21. The molecule has 3 atom stereocenters. The highest BCUT2D eigenvalue weighted by molar-refractivity contribution is 7.92. The van der Waals surface area contributed by atoms with Crippen LogP contribution < -0.4 is 38.3 Å². The number of rotatable bonds is 40. The number of ketones is 1. The van der Waals surface area contributed by atoms with Gasteiger partial charge < -0.3 is 47.9 Å². The largest absolute Gasteiger partial charge is 0.497 e. The number of aryl methyl sites for hydroxylation is 1. The van der Waals surface area contributed by atoms with Crippen molar-refractivity contribution in [1.29, 1.82) is 5.26 Å². The van der Waals surface area contributed by atoms with E-state index in [1.807, 2.05) is 159 Å². The number of fused-ring (bicyclic) bond motifs is 1. The zero-order chi connectivity index (χ0) is 102. The van der Waals surface area contributed by atoms with Crippen LogP contribution in [0.4, 0.5) is 5.69 Å². The number of Topliss-reactive ketones (excluding diaryl/α,β-unsaturated/α-hetero) is 1. The summed E-state index contributed by atoms with van der Waals surface area (Å²) in [6.45, 7) is 16.3. The molecule has 24 nitrogen and oxygen atoms in total. The topological polar surface area (TPSA) is 315 Å². The van der Waals surface area contributed by atoms with Gasteiger partial charge in [0.15, 0.2) is 37.0 Å². The fraction of sp³-hybridized carbons (Fsp3) is 0.161. The number of sulfone groups is 3. The Hall–Kier alpha value is -17.0. The molecule has 730 valence electrons. The van der Waals surface area contributed by atoms with Gasteiger partial charge in [-0.2, -0.15) is 17.7 Å². The SMILES string of the molecule is [C-]#[N+]/C(=C\c1cc[n+](CCOC(=O)CCC(C)(c2ccc(Oc3ccc(S(=O)(=O)c4ccc(C)cc4)cc3)cc2)c2ccc(Oc3ccc(S(=O)(=O)c4ccc(Oc5ccc(C(C)(CCC(=O)Nc6ccc7c(c6)C(=O)C7)c6ccc(Oc7ccc(S(=O)(=O)c8ccc(Oc9ccc(C(C)(CCC(=O)OC)c%10ccc(OC)cc%10)cc9)cc8)cc7)cc6)cc5)cc4)cc3)cc2)cc1)c1ccc([C-](C#N)C(=O)OC)cc1. The van der Waals surface area contributed by atoms with Gasteiger partial charge in [-0.3, -0.25) is 24.0 Å². The molecule has 27 heteroatoms. The molecular formula is C118H100N4O20S3. The first-order valence-electron chi connectivity index (χ1n) is 46.4. The average Bonchev–Trinajstić information content (AvgIpc) is 0.785. The molecule has 15 aromatic rings. The lowest BCUT2D eigenvalue weighted by Crippen LogP contribution is -2.35. The standard InChI is InChI=1S/C118H100N4O20S3/c1-79-9-51-102(52-10-79)143(128,129)103-53-41-97(42-54-103)141-95-37-24-88(25-38-95)118(4,70-65-114(126)137-74-73-122-71-66-80(67-72-122)75-110(120-5)82-13-11-81(12-14-82)109(78-119)115(127)136-8)89-26-39-96(40-27-89)142-101-49-61-107(62-50-101)145(132,133)105-57-45-99(46-58-105)139-93-33-20-86(21-34-93)116(2,68-63-112(124)121-90-28-15-83-76-111(123)108(83)77-90)85-18-31-92(32-19-85)138-98-43-55-104(56-44-98)144(130,131)106-59-47-100(48-60-106)140-94-35-22-87(23-36-94)117(3,69-64-113(125)135-7)84-16-29-91(134-6)30-17-84/h9-62,66-67,71-72,75,77H,63-65,68-70,73-74,76H2,1-4,6-8H3,(H,121,124)/b110-75-. The van der Waals surface area contributed by atoms with E-state index in [2.05, 4.69) is 17.1 Å². The maximum absolute atomic E-state index is 14.3. The van der Waals surface area contributed by atoms with E-state index in [1.165, 1.54) is 74.9 Å². The van der Waals surface area contributed by atoms with E-state index in [-0.39, 0.29) is 78.8 Å². The van der Waals surface area contributed by atoms with Crippen LogP contribution in [0.3, 0.4) is 0 Å². The van der Waals surface area contributed by atoms with E-state index in [0.29, 0.717) is 124 Å². The first-order valence-corrected chi connectivity index (χ1v) is 50.9. The van der Waals surface area contributed by atoms with Crippen molar-refractivity contribution in [3.8, 4) is 69.3 Å². The van der Waals surface area contributed by atoms with Crippen LogP contribution in [0, 0.1) is 30.7 Å². The Morgan fingerprint density at radius 3 is 1.06 bits per heavy atom. The van der Waals surface area contributed by atoms with Gasteiger partial charge in [0.05, 0.1) is 57.3 Å². The lowest BCUT2D eigenvalue weighted by molar-refractivity contribution is -0.697. The van der Waals surface area contributed by atoms with Gasteiger partial charge in [-0.05, 0) is 301 Å². The third-order valence-corrected chi connectivity index (χ3v) is 31.4. The Balaban J connectivity index is 0.550. The summed E-state index contributed by atoms with van der Waals surface area (Å²) >= 11 is 0. The molecule has 145 heavy (non-hydrogen) atoms. The van der Waals surface area contributed by atoms with Gasteiger partial charge in [0.1, 0.15) is 63.2 Å². The number of nitrogens with zero attached hydrogens (tertiary/aromatic N) is 3. The number of aromatic nitrogens is 1. The first kappa shape index (κ1) is 101. The van der Waals surface area contributed by atoms with Gasteiger partial charge in [-0.25, -0.2) is 39.9 Å². The molecule has 0 bridgehead atoms. The molecule has 1 aliphatic carbocycles. The summed E-state index contributed by atoms with van der Waals surface area (Å²) < 4.78 is 138. The third kappa shape index (κ3) is 23.6. The minimum atomic E-state index is -4.06. The van der Waals surface area contributed by atoms with Gasteiger partial charge in [0.25, 0.3) is 5.97 Å². The number of hydrogen-bond donors (Lipinski definition) is 1. The number of esters is 3. The fourth-order valence-electron chi connectivity index (χ4n) is 17.2. The second-order valence-corrected chi connectivity index (χ2v) is 41.3. The van der Waals surface area contributed by atoms with Crippen LogP contribution in [-0.4, -0.2) is 82.8 Å². The maximum atomic E-state index is 14.3. The molecule has 1 N–H and O–H groups in total. The minimum absolute atomic E-state index is 0.0158. The zero-order valence-electron chi connectivity index (χ0n) is 80.2. The Bertz CT molecular complexity index is 7740. The van der Waals surface area contributed by atoms with Crippen molar-refractivity contribution in [2.45, 2.75) is 125 Å². The number of carbonyl (C=O) groups is 5. The van der Waals surface area contributed by atoms with Gasteiger partial charge in [0.2, 0.25) is 35.4 Å². The monoisotopic (exact) mass is 1990 g/mol. The number of benzene rings is 14. The second kappa shape index (κ2) is 44.0. The summed E-state index contributed by atoms with van der Waals surface area (Å²) in [6, 6.07) is 99.5. The fourth-order valence-corrected chi connectivity index (χ4v) is 21.0. The van der Waals surface area contributed by atoms with Crippen molar-refractivity contribution in [2.75, 3.05) is 33.3 Å². The molecule has 1 aliphatic rings. The molecule has 1 amide bonds. The number of methoxy groups -OCH3 is 3. The van der Waals surface area contributed by atoms with Crippen LogP contribution in [0.25, 0.3) is 16.6 Å². The van der Waals surface area contributed by atoms with Crippen LogP contribution in [-0.2, 0) is 92.1 Å². The highest BCUT2D eigenvalue weighted by Gasteiger charge is 2.35. The molecule has 0 fully saturated rings. The first-order chi connectivity index (χ1) is 69.8. The number of carbonyl (C=O) groups excluding carboxylic acids is 5. The Labute approximate surface area is 842 Å². The molecule has 16 rings (SSSR count). The van der Waals surface area contributed by atoms with E-state index in [1.54, 1.807) is 183 Å². The molecular weight excluding hydrogens is 1890 g/mol. The Morgan fingerprint density at radius 1 is 0.421 bits per heavy atom. The van der Waals surface area contributed by atoms with Crippen molar-refractivity contribution >= 4 is 76.6 Å². The molecule has 3 unspecified atom stereocenters. The van der Waals surface area contributed by atoms with Gasteiger partial charge >= 0.3 is 11.9 Å². The number of pyridine rings is 1. The summed E-state index contributed by atoms with van der Waals surface area (Å²) in [5, 5.41) is 12.5. The molecule has 0 spiro atoms. The summed E-state index contributed by atoms with van der Waals surface area (Å²) in [5.41, 5.74) is 8.13. The quantitative estimate of drug-likeness (QED) is 0.0161. The molecule has 14 aromatic carbocycles. The Kier molecular flexibility index (Phi) is 30.7. The van der Waals surface area contributed by atoms with Crippen molar-refractivity contribution in [3.63, 3.8) is 0 Å². The Morgan fingerprint density at radius 2 is 0.745 bits per heavy atom. The van der Waals surface area contributed by atoms with Crippen LogP contribution in [0.2, 0.25) is 0 Å². The molecule has 0 saturated heterocycles. The third-order valence-electron chi connectivity index (χ3n) is 26.1. The number of nitrogens with one attached hydrogen (secondary N) is 1. The van der Waals surface area contributed by atoms with E-state index in [4.69, 9.17) is 49.2 Å². The van der Waals surface area contributed by atoms with Crippen LogP contribution in [0.15, 0.2) is 388 Å². The normalized spacial score (nSPS) is 13.1. The van der Waals surface area contributed by atoms with Crippen LogP contribution in [0.1, 0.15) is 131 Å². The van der Waals surface area contributed by atoms with E-state index in [9.17, 15) is 54.5 Å². The number of ether oxygens (including phenoxy) is 9. The van der Waals surface area contributed by atoms with Crippen LogP contribution in [0.5, 0.6) is 63.2 Å². The highest BCUT2D eigenvalue weighted by atomic mass is 32.2. The van der Waals surface area contributed by atoms with E-state index < -0.39 is 57.7 Å². The molecule has 0 aliphatic heterocycles. The van der Waals surface area contributed by atoms with Gasteiger partial charge in [-0.1, -0.05) is 117 Å². The molecule has 0 saturated carbocycles. The predicted molar refractivity (Wildman–Crippen MR) is 546 cm³/mol. The second-order valence-electron chi connectivity index (χ2n) is 35.4. The smallest absolute Gasteiger partial charge is 0.306 e. The van der Waals surface area contributed by atoms with Gasteiger partial charge in [-0.15, -0.1) is 12.1 Å². The van der Waals surface area contributed by atoms with E-state index >= 15 is 0 Å². The number of nitriles is 1. The summed E-state index contributed by atoms with van der Waals surface area (Å²) in [6.07, 6.45) is 7.15. The highest BCUT2D eigenvalue weighted by Crippen LogP contribution is 2.45. The number of amides is 1. The van der Waals surface area contributed by atoms with Crippen molar-refractivity contribution in [3.05, 3.63) is 442 Å². The summed E-state index contributed by atoms with van der Waals surface area (Å²) in [4.78, 5) is 68.5. The molecule has 1 heterocycles. The lowest BCUT2D eigenvalue weighted by Gasteiger charge is -2.31. The van der Waals surface area contributed by atoms with Crippen molar-refractivity contribution in [1.82, 2.24) is 0 Å². The van der Waals surface area contributed by atoms with E-state index in [0.717, 1.165) is 50.1 Å². The molecule has 0 radical (unpaired) electrons. The van der Waals surface area contributed by atoms with Crippen molar-refractivity contribution < 1.29 is 96.4 Å². The summed E-state index contributed by atoms with van der Waals surface area (Å²) in [5.74, 6) is 3.12. The zero-order valence-corrected chi connectivity index (χ0v) is 82.7. The molecule has 1 aromatic heterocycles.